The van der Waals surface area contributed by atoms with Crippen molar-refractivity contribution in [2.45, 2.75) is 30.8 Å². The predicted molar refractivity (Wildman–Crippen MR) is 65.5 cm³/mol. The van der Waals surface area contributed by atoms with E-state index in [0.717, 1.165) is 0 Å². The van der Waals surface area contributed by atoms with Crippen molar-refractivity contribution in [3.63, 3.8) is 0 Å². The second kappa shape index (κ2) is 5.52. The maximum absolute atomic E-state index is 11.9. The number of rotatable bonds is 4. The SMILES string of the molecule is CC1CN(S(=O)(=O)CCCN)CC(C)S1. The quantitative estimate of drug-likeness (QED) is 0.791. The Morgan fingerprint density at radius 2 is 1.87 bits per heavy atom. The third-order valence-electron chi connectivity index (χ3n) is 2.39. The van der Waals surface area contributed by atoms with Crippen molar-refractivity contribution in [1.82, 2.24) is 4.31 Å². The Balaban J connectivity index is 2.61. The van der Waals surface area contributed by atoms with Gasteiger partial charge in [0.1, 0.15) is 0 Å². The maximum Gasteiger partial charge on any atom is 0.214 e. The Morgan fingerprint density at radius 3 is 2.33 bits per heavy atom. The zero-order chi connectivity index (χ0) is 11.5. The average molecular weight is 252 g/mol. The van der Waals surface area contributed by atoms with Gasteiger partial charge in [-0.3, -0.25) is 0 Å². The van der Waals surface area contributed by atoms with Crippen LogP contribution in [0.1, 0.15) is 20.3 Å². The molecule has 1 rings (SSSR count). The molecule has 0 radical (unpaired) electrons. The van der Waals surface area contributed by atoms with E-state index in [0.29, 0.717) is 36.6 Å². The lowest BCUT2D eigenvalue weighted by Crippen LogP contribution is -2.45. The Bertz CT molecular complexity index is 282. The van der Waals surface area contributed by atoms with Crippen LogP contribution in [0.25, 0.3) is 0 Å². The molecule has 0 saturated carbocycles. The third-order valence-corrected chi connectivity index (χ3v) is 5.50. The van der Waals surface area contributed by atoms with Crippen LogP contribution >= 0.6 is 11.8 Å². The minimum Gasteiger partial charge on any atom is -0.330 e. The first-order valence-electron chi connectivity index (χ1n) is 5.29. The lowest BCUT2D eigenvalue weighted by Gasteiger charge is -2.33. The third kappa shape index (κ3) is 3.94. The molecule has 1 fully saturated rings. The van der Waals surface area contributed by atoms with E-state index in [1.165, 1.54) is 0 Å². The molecular formula is C9H20N2O2S2. The second-order valence-corrected chi connectivity index (χ2v) is 8.00. The first-order valence-corrected chi connectivity index (χ1v) is 7.84. The molecule has 15 heavy (non-hydrogen) atoms. The molecule has 0 bridgehead atoms. The summed E-state index contributed by atoms with van der Waals surface area (Å²) in [5.41, 5.74) is 5.33. The van der Waals surface area contributed by atoms with Crippen molar-refractivity contribution in [3.05, 3.63) is 0 Å². The van der Waals surface area contributed by atoms with Crippen molar-refractivity contribution in [1.29, 1.82) is 0 Å². The molecule has 1 aliphatic rings. The Kier molecular flexibility index (Phi) is 4.89. The molecule has 0 amide bonds. The molecule has 0 aromatic carbocycles. The summed E-state index contributed by atoms with van der Waals surface area (Å²) in [6.45, 7) is 5.87. The first-order chi connectivity index (χ1) is 6.95. The molecule has 2 unspecified atom stereocenters. The zero-order valence-electron chi connectivity index (χ0n) is 9.35. The minimum absolute atomic E-state index is 0.188. The number of hydrogen-bond donors (Lipinski definition) is 1. The molecule has 2 N–H and O–H groups in total. The molecule has 1 saturated heterocycles. The van der Waals surface area contributed by atoms with Gasteiger partial charge in [0.2, 0.25) is 10.0 Å². The van der Waals surface area contributed by atoms with Crippen LogP contribution in [0, 0.1) is 0 Å². The Hall–Kier alpha value is 0.220. The van der Waals surface area contributed by atoms with Crippen molar-refractivity contribution in [3.8, 4) is 0 Å². The van der Waals surface area contributed by atoms with E-state index in [2.05, 4.69) is 13.8 Å². The van der Waals surface area contributed by atoms with Gasteiger partial charge >= 0.3 is 0 Å². The van der Waals surface area contributed by atoms with E-state index in [9.17, 15) is 8.42 Å². The molecule has 1 aliphatic heterocycles. The van der Waals surface area contributed by atoms with Gasteiger partial charge in [0.25, 0.3) is 0 Å². The second-order valence-electron chi connectivity index (χ2n) is 4.03. The zero-order valence-corrected chi connectivity index (χ0v) is 11.0. The largest absolute Gasteiger partial charge is 0.330 e. The van der Waals surface area contributed by atoms with Gasteiger partial charge in [-0.25, -0.2) is 8.42 Å². The average Bonchev–Trinajstić information content (AvgIpc) is 2.13. The van der Waals surface area contributed by atoms with Gasteiger partial charge in [0.05, 0.1) is 5.75 Å². The Labute approximate surface area is 96.6 Å². The van der Waals surface area contributed by atoms with Crippen LogP contribution in [0.15, 0.2) is 0 Å². The minimum atomic E-state index is -3.07. The van der Waals surface area contributed by atoms with E-state index in [1.54, 1.807) is 4.31 Å². The number of nitrogens with zero attached hydrogens (tertiary/aromatic N) is 1. The van der Waals surface area contributed by atoms with Crippen molar-refractivity contribution >= 4 is 21.8 Å². The molecule has 1 heterocycles. The van der Waals surface area contributed by atoms with Crippen LogP contribution in [0.5, 0.6) is 0 Å². The molecule has 0 aliphatic carbocycles. The predicted octanol–water partition coefficient (Wildman–Crippen LogP) is 0.491. The first kappa shape index (κ1) is 13.3. The number of thioether (sulfide) groups is 1. The highest BCUT2D eigenvalue weighted by molar-refractivity contribution is 8.00. The molecule has 4 nitrogen and oxygen atoms in total. The van der Waals surface area contributed by atoms with Crippen molar-refractivity contribution in [2.24, 2.45) is 5.73 Å². The van der Waals surface area contributed by atoms with Crippen LogP contribution in [0.2, 0.25) is 0 Å². The lowest BCUT2D eigenvalue weighted by atomic mass is 10.4. The number of sulfonamides is 1. The summed E-state index contributed by atoms with van der Waals surface area (Å²) < 4.78 is 25.4. The van der Waals surface area contributed by atoms with Gasteiger partial charge in [-0.2, -0.15) is 16.1 Å². The molecular weight excluding hydrogens is 232 g/mol. The van der Waals surface area contributed by atoms with E-state index in [1.807, 2.05) is 11.8 Å². The Morgan fingerprint density at radius 1 is 1.33 bits per heavy atom. The molecule has 2 atom stereocenters. The van der Waals surface area contributed by atoms with E-state index >= 15 is 0 Å². The highest BCUT2D eigenvalue weighted by Crippen LogP contribution is 2.26. The fourth-order valence-electron chi connectivity index (χ4n) is 1.75. The monoisotopic (exact) mass is 252 g/mol. The highest BCUT2D eigenvalue weighted by Gasteiger charge is 2.30. The van der Waals surface area contributed by atoms with Crippen molar-refractivity contribution < 1.29 is 8.42 Å². The molecule has 0 spiro atoms. The summed E-state index contributed by atoms with van der Waals surface area (Å²) in [5.74, 6) is 0.188. The van der Waals surface area contributed by atoms with E-state index in [-0.39, 0.29) is 5.75 Å². The van der Waals surface area contributed by atoms with Gasteiger partial charge in [0, 0.05) is 23.6 Å². The lowest BCUT2D eigenvalue weighted by molar-refractivity contribution is 0.404. The standard InChI is InChI=1S/C9H20N2O2S2/c1-8-6-11(7-9(2)14-8)15(12,13)5-3-4-10/h8-9H,3-7,10H2,1-2H3. The summed E-state index contributed by atoms with van der Waals surface area (Å²) in [7, 11) is -3.07. The van der Waals surface area contributed by atoms with E-state index < -0.39 is 10.0 Å². The molecule has 0 aromatic heterocycles. The van der Waals surface area contributed by atoms with Crippen LogP contribution in [0.3, 0.4) is 0 Å². The molecule has 90 valence electrons. The summed E-state index contributed by atoms with van der Waals surface area (Å²) in [6, 6.07) is 0. The molecule has 6 heteroatoms. The summed E-state index contributed by atoms with van der Waals surface area (Å²) in [5, 5.41) is 0.780. The molecule has 0 aromatic rings. The fourth-order valence-corrected chi connectivity index (χ4v) is 4.96. The topological polar surface area (TPSA) is 63.4 Å². The van der Waals surface area contributed by atoms with Gasteiger partial charge in [0.15, 0.2) is 0 Å². The smallest absolute Gasteiger partial charge is 0.214 e. The van der Waals surface area contributed by atoms with Crippen LogP contribution < -0.4 is 5.73 Å². The normalized spacial score (nSPS) is 29.3. The fraction of sp³-hybridized carbons (Fsp3) is 1.00. The van der Waals surface area contributed by atoms with Crippen molar-refractivity contribution in [2.75, 3.05) is 25.4 Å². The maximum atomic E-state index is 11.9. The van der Waals surface area contributed by atoms with E-state index in [4.69, 9.17) is 5.73 Å². The van der Waals surface area contributed by atoms with Crippen LogP contribution in [0.4, 0.5) is 0 Å². The van der Waals surface area contributed by atoms with Gasteiger partial charge in [-0.15, -0.1) is 0 Å². The van der Waals surface area contributed by atoms with Crippen LogP contribution in [-0.2, 0) is 10.0 Å². The van der Waals surface area contributed by atoms with Gasteiger partial charge < -0.3 is 5.73 Å². The highest BCUT2D eigenvalue weighted by atomic mass is 32.2. The summed E-state index contributed by atoms with van der Waals surface area (Å²) in [6.07, 6.45) is 0.550. The number of hydrogen-bond acceptors (Lipinski definition) is 4. The summed E-state index contributed by atoms with van der Waals surface area (Å²) >= 11 is 1.85. The van der Waals surface area contributed by atoms with Gasteiger partial charge in [-0.1, -0.05) is 13.8 Å². The van der Waals surface area contributed by atoms with Crippen LogP contribution in [-0.4, -0.2) is 48.6 Å². The van der Waals surface area contributed by atoms with Gasteiger partial charge in [-0.05, 0) is 13.0 Å². The summed E-state index contributed by atoms with van der Waals surface area (Å²) in [4.78, 5) is 0. The number of nitrogens with two attached hydrogens (primary N) is 1.